The van der Waals surface area contributed by atoms with E-state index in [4.69, 9.17) is 17.3 Å². The molecule has 0 bridgehead atoms. The average Bonchev–Trinajstić information content (AvgIpc) is 2.51. The molecule has 0 saturated carbocycles. The second kappa shape index (κ2) is 5.87. The third kappa shape index (κ3) is 2.94. The lowest BCUT2D eigenvalue weighted by Crippen LogP contribution is -2.38. The third-order valence-electron chi connectivity index (χ3n) is 3.44. The normalized spacial score (nSPS) is 22.0. The number of halogens is 1. The molecule has 0 aliphatic carbocycles. The van der Waals surface area contributed by atoms with E-state index in [0.29, 0.717) is 17.6 Å². The molecule has 1 fully saturated rings. The number of nitrogens with two attached hydrogens (primary N) is 1. The Balaban J connectivity index is 2.24. The van der Waals surface area contributed by atoms with E-state index in [9.17, 15) is 0 Å². The van der Waals surface area contributed by atoms with Crippen LogP contribution in [0.4, 0.5) is 5.82 Å². The SMILES string of the molecule is CC1CN(C)CCCN1c1ccc(Cl)c(CN)n1. The zero-order valence-corrected chi connectivity index (χ0v) is 11.8. The molecule has 0 radical (unpaired) electrons. The summed E-state index contributed by atoms with van der Waals surface area (Å²) >= 11 is 6.06. The van der Waals surface area contributed by atoms with Crippen molar-refractivity contribution in [3.8, 4) is 0 Å². The molecule has 0 spiro atoms. The van der Waals surface area contributed by atoms with Gasteiger partial charge in [0, 0.05) is 25.7 Å². The number of hydrogen-bond acceptors (Lipinski definition) is 4. The minimum atomic E-state index is 0.384. The zero-order chi connectivity index (χ0) is 13.1. The number of anilines is 1. The summed E-state index contributed by atoms with van der Waals surface area (Å²) in [6, 6.07) is 4.34. The molecule has 1 aromatic heterocycles. The van der Waals surface area contributed by atoms with Crippen LogP contribution in [0.2, 0.25) is 5.02 Å². The fourth-order valence-corrected chi connectivity index (χ4v) is 2.67. The van der Waals surface area contributed by atoms with Crippen molar-refractivity contribution in [1.29, 1.82) is 0 Å². The summed E-state index contributed by atoms with van der Waals surface area (Å²) in [6.07, 6.45) is 1.16. The third-order valence-corrected chi connectivity index (χ3v) is 3.78. The quantitative estimate of drug-likeness (QED) is 0.887. The maximum atomic E-state index is 6.06. The van der Waals surface area contributed by atoms with Crippen molar-refractivity contribution >= 4 is 17.4 Å². The van der Waals surface area contributed by atoms with E-state index in [0.717, 1.165) is 37.6 Å². The van der Waals surface area contributed by atoms with Gasteiger partial charge in [0.05, 0.1) is 10.7 Å². The lowest BCUT2D eigenvalue weighted by atomic mass is 10.2. The highest BCUT2D eigenvalue weighted by Crippen LogP contribution is 2.22. The Labute approximate surface area is 114 Å². The first-order valence-electron chi connectivity index (χ1n) is 6.42. The van der Waals surface area contributed by atoms with Gasteiger partial charge in [-0.3, -0.25) is 0 Å². The molecule has 18 heavy (non-hydrogen) atoms. The van der Waals surface area contributed by atoms with Crippen LogP contribution in [0.25, 0.3) is 0 Å². The van der Waals surface area contributed by atoms with Gasteiger partial charge in [-0.05, 0) is 39.1 Å². The fourth-order valence-electron chi connectivity index (χ4n) is 2.49. The zero-order valence-electron chi connectivity index (χ0n) is 11.1. The first-order valence-corrected chi connectivity index (χ1v) is 6.80. The molecule has 5 heteroatoms. The van der Waals surface area contributed by atoms with Gasteiger partial charge in [-0.25, -0.2) is 4.98 Å². The second-order valence-corrected chi connectivity index (χ2v) is 5.37. The van der Waals surface area contributed by atoms with Crippen molar-refractivity contribution in [2.75, 3.05) is 31.6 Å². The topological polar surface area (TPSA) is 45.4 Å². The van der Waals surface area contributed by atoms with Gasteiger partial charge >= 0.3 is 0 Å². The van der Waals surface area contributed by atoms with Crippen LogP contribution in [0.3, 0.4) is 0 Å². The van der Waals surface area contributed by atoms with Gasteiger partial charge < -0.3 is 15.5 Å². The van der Waals surface area contributed by atoms with Crippen LogP contribution in [0.1, 0.15) is 19.0 Å². The van der Waals surface area contributed by atoms with Gasteiger partial charge in [-0.1, -0.05) is 11.6 Å². The Bertz CT molecular complexity index is 410. The minimum Gasteiger partial charge on any atom is -0.353 e. The van der Waals surface area contributed by atoms with Crippen LogP contribution in [-0.4, -0.2) is 42.6 Å². The molecule has 0 aromatic carbocycles. The molecule has 1 unspecified atom stereocenters. The highest BCUT2D eigenvalue weighted by Gasteiger charge is 2.21. The van der Waals surface area contributed by atoms with Crippen molar-refractivity contribution in [2.45, 2.75) is 25.9 Å². The molecule has 100 valence electrons. The van der Waals surface area contributed by atoms with E-state index in [1.165, 1.54) is 0 Å². The van der Waals surface area contributed by atoms with Gasteiger partial charge in [0.1, 0.15) is 5.82 Å². The fraction of sp³-hybridized carbons (Fsp3) is 0.615. The second-order valence-electron chi connectivity index (χ2n) is 4.96. The number of rotatable bonds is 2. The molecule has 4 nitrogen and oxygen atoms in total. The van der Waals surface area contributed by atoms with E-state index in [-0.39, 0.29) is 0 Å². The van der Waals surface area contributed by atoms with Gasteiger partial charge in [-0.2, -0.15) is 0 Å². The van der Waals surface area contributed by atoms with E-state index >= 15 is 0 Å². The maximum absolute atomic E-state index is 6.06. The van der Waals surface area contributed by atoms with E-state index in [2.05, 4.69) is 28.8 Å². The molecule has 1 atom stereocenters. The van der Waals surface area contributed by atoms with Crippen molar-refractivity contribution < 1.29 is 0 Å². The molecule has 1 aliphatic rings. The molecular weight excluding hydrogens is 248 g/mol. The number of aromatic nitrogens is 1. The Morgan fingerprint density at radius 2 is 2.22 bits per heavy atom. The van der Waals surface area contributed by atoms with E-state index < -0.39 is 0 Å². The highest BCUT2D eigenvalue weighted by atomic mass is 35.5. The number of nitrogens with zero attached hydrogens (tertiary/aromatic N) is 3. The molecule has 0 amide bonds. The highest BCUT2D eigenvalue weighted by molar-refractivity contribution is 6.31. The molecule has 2 heterocycles. The molecular formula is C13H21ClN4. The average molecular weight is 269 g/mol. The summed E-state index contributed by atoms with van der Waals surface area (Å²) in [7, 11) is 2.17. The Morgan fingerprint density at radius 3 is 2.94 bits per heavy atom. The van der Waals surface area contributed by atoms with Crippen molar-refractivity contribution in [3.63, 3.8) is 0 Å². The summed E-state index contributed by atoms with van der Waals surface area (Å²) in [4.78, 5) is 9.29. The van der Waals surface area contributed by atoms with Crippen LogP contribution >= 0.6 is 11.6 Å². The number of hydrogen-bond donors (Lipinski definition) is 1. The first kappa shape index (κ1) is 13.6. The van der Waals surface area contributed by atoms with Crippen LogP contribution in [-0.2, 0) is 6.54 Å². The minimum absolute atomic E-state index is 0.384. The molecule has 2 rings (SSSR count). The summed E-state index contributed by atoms with van der Waals surface area (Å²) in [5, 5.41) is 0.654. The first-order chi connectivity index (χ1) is 8.61. The van der Waals surface area contributed by atoms with Crippen LogP contribution < -0.4 is 10.6 Å². The van der Waals surface area contributed by atoms with Crippen LogP contribution in [0.5, 0.6) is 0 Å². The van der Waals surface area contributed by atoms with Gasteiger partial charge in [0.15, 0.2) is 0 Å². The predicted molar refractivity (Wildman–Crippen MR) is 76.1 cm³/mol. The van der Waals surface area contributed by atoms with Crippen LogP contribution in [0.15, 0.2) is 12.1 Å². The largest absolute Gasteiger partial charge is 0.353 e. The lowest BCUT2D eigenvalue weighted by molar-refractivity contribution is 0.337. The Kier molecular flexibility index (Phi) is 4.43. The van der Waals surface area contributed by atoms with Crippen molar-refractivity contribution in [2.24, 2.45) is 5.73 Å². The maximum Gasteiger partial charge on any atom is 0.129 e. The summed E-state index contributed by atoms with van der Waals surface area (Å²) in [5.74, 6) is 0.989. The molecule has 1 saturated heterocycles. The summed E-state index contributed by atoms with van der Waals surface area (Å²) < 4.78 is 0. The predicted octanol–water partition coefficient (Wildman–Crippen LogP) is 1.72. The number of likely N-dealkylation sites (N-methyl/N-ethyl adjacent to an activating group) is 1. The smallest absolute Gasteiger partial charge is 0.129 e. The monoisotopic (exact) mass is 268 g/mol. The Morgan fingerprint density at radius 1 is 1.44 bits per heavy atom. The van der Waals surface area contributed by atoms with Crippen LogP contribution in [0, 0.1) is 0 Å². The van der Waals surface area contributed by atoms with E-state index in [1.54, 1.807) is 0 Å². The molecule has 2 N–H and O–H groups in total. The number of pyridine rings is 1. The van der Waals surface area contributed by atoms with Crippen molar-refractivity contribution in [1.82, 2.24) is 9.88 Å². The Hall–Kier alpha value is -0.840. The molecule has 1 aromatic rings. The molecule has 1 aliphatic heterocycles. The standard InChI is InChI=1S/C13H21ClN4/c1-10-9-17(2)6-3-7-18(10)13-5-4-11(14)12(8-15)16-13/h4-5,10H,3,6-9,15H2,1-2H3. The van der Waals surface area contributed by atoms with Gasteiger partial charge in [0.2, 0.25) is 0 Å². The summed E-state index contributed by atoms with van der Waals surface area (Å²) in [6.45, 7) is 5.85. The van der Waals surface area contributed by atoms with Gasteiger partial charge in [-0.15, -0.1) is 0 Å². The van der Waals surface area contributed by atoms with Gasteiger partial charge in [0.25, 0.3) is 0 Å². The van der Waals surface area contributed by atoms with E-state index in [1.807, 2.05) is 12.1 Å². The summed E-state index contributed by atoms with van der Waals surface area (Å²) in [5.41, 5.74) is 6.44. The lowest BCUT2D eigenvalue weighted by Gasteiger charge is -2.29. The van der Waals surface area contributed by atoms with Crippen molar-refractivity contribution in [3.05, 3.63) is 22.8 Å².